The summed E-state index contributed by atoms with van der Waals surface area (Å²) < 4.78 is 1.11. The van der Waals surface area contributed by atoms with Crippen molar-refractivity contribution in [2.75, 3.05) is 17.3 Å². The molecular formula is C11H11ClINO. The number of benzene rings is 1. The molecule has 1 aromatic carbocycles. The van der Waals surface area contributed by atoms with Crippen LogP contribution in [0, 0.1) is 9.49 Å². The maximum Gasteiger partial charge on any atom is 0.227 e. The highest BCUT2D eigenvalue weighted by Crippen LogP contribution is 2.29. The van der Waals surface area contributed by atoms with Crippen LogP contribution >= 0.6 is 34.2 Å². The third kappa shape index (κ3) is 2.28. The lowest BCUT2D eigenvalue weighted by Gasteiger charge is -2.17. The lowest BCUT2D eigenvalue weighted by Crippen LogP contribution is -2.25. The van der Waals surface area contributed by atoms with Gasteiger partial charge in [-0.05, 0) is 40.6 Å². The number of carbonyl (C=O) groups is 1. The molecule has 1 unspecified atom stereocenters. The molecule has 2 rings (SSSR count). The van der Waals surface area contributed by atoms with Gasteiger partial charge in [0.15, 0.2) is 0 Å². The lowest BCUT2D eigenvalue weighted by atomic mass is 10.1. The van der Waals surface area contributed by atoms with Crippen LogP contribution in [0.15, 0.2) is 24.3 Å². The van der Waals surface area contributed by atoms with Crippen molar-refractivity contribution < 1.29 is 4.79 Å². The molecule has 0 saturated carbocycles. The predicted molar refractivity (Wildman–Crippen MR) is 70.3 cm³/mol. The summed E-state index contributed by atoms with van der Waals surface area (Å²) in [5, 5.41) is 0. The molecule has 0 spiro atoms. The fourth-order valence-corrected chi connectivity index (χ4v) is 2.67. The molecule has 80 valence electrons. The summed E-state index contributed by atoms with van der Waals surface area (Å²) in [6.45, 7) is 0.752. The first-order valence-electron chi connectivity index (χ1n) is 4.83. The van der Waals surface area contributed by atoms with Crippen LogP contribution in [-0.2, 0) is 4.79 Å². The number of amides is 1. The molecule has 2 nitrogen and oxygen atoms in total. The molecule has 1 fully saturated rings. The zero-order chi connectivity index (χ0) is 10.8. The molecule has 4 heteroatoms. The summed E-state index contributed by atoms with van der Waals surface area (Å²) in [4.78, 5) is 13.6. The molecule has 0 bridgehead atoms. The Labute approximate surface area is 108 Å². The lowest BCUT2D eigenvalue weighted by molar-refractivity contribution is -0.117. The molecule has 0 radical (unpaired) electrons. The van der Waals surface area contributed by atoms with Crippen LogP contribution in [0.1, 0.15) is 6.42 Å². The van der Waals surface area contributed by atoms with Gasteiger partial charge in [-0.15, -0.1) is 11.6 Å². The highest BCUT2D eigenvalue weighted by atomic mass is 127. The Morgan fingerprint density at radius 2 is 2.20 bits per heavy atom. The van der Waals surface area contributed by atoms with Crippen LogP contribution < -0.4 is 4.90 Å². The number of hydrogen-bond acceptors (Lipinski definition) is 1. The third-order valence-corrected chi connectivity index (χ3v) is 3.92. The number of carbonyl (C=O) groups excluding carboxylic acids is 1. The van der Waals surface area contributed by atoms with E-state index in [4.69, 9.17) is 11.6 Å². The number of nitrogens with zero attached hydrogens (tertiary/aromatic N) is 1. The van der Waals surface area contributed by atoms with Gasteiger partial charge < -0.3 is 4.90 Å². The second kappa shape index (κ2) is 4.70. The van der Waals surface area contributed by atoms with Crippen LogP contribution in [0.25, 0.3) is 0 Å². The molecule has 0 N–H and O–H groups in total. The molecule has 1 saturated heterocycles. The summed E-state index contributed by atoms with van der Waals surface area (Å²) >= 11 is 8.04. The van der Waals surface area contributed by atoms with E-state index in [1.54, 1.807) is 0 Å². The maximum absolute atomic E-state index is 11.8. The summed E-state index contributed by atoms with van der Waals surface area (Å²) in [7, 11) is 0. The fraction of sp³-hybridized carbons (Fsp3) is 0.364. The van der Waals surface area contributed by atoms with Gasteiger partial charge in [-0.3, -0.25) is 4.79 Å². The van der Waals surface area contributed by atoms with Gasteiger partial charge in [-0.1, -0.05) is 12.1 Å². The van der Waals surface area contributed by atoms with Crippen molar-refractivity contribution in [3.63, 3.8) is 0 Å². The highest BCUT2D eigenvalue weighted by molar-refractivity contribution is 14.1. The topological polar surface area (TPSA) is 20.3 Å². The Hall–Kier alpha value is -0.290. The van der Waals surface area contributed by atoms with E-state index in [1.807, 2.05) is 29.2 Å². The number of hydrogen-bond donors (Lipinski definition) is 0. The van der Waals surface area contributed by atoms with Crippen molar-refractivity contribution in [1.82, 2.24) is 0 Å². The highest BCUT2D eigenvalue weighted by Gasteiger charge is 2.30. The normalized spacial score (nSPS) is 21.1. The fourth-order valence-electron chi connectivity index (χ4n) is 1.79. The summed E-state index contributed by atoms with van der Waals surface area (Å²) in [6.07, 6.45) is 0.578. The van der Waals surface area contributed by atoms with Crippen LogP contribution in [0.5, 0.6) is 0 Å². The summed E-state index contributed by atoms with van der Waals surface area (Å²) in [5.41, 5.74) is 1.01. The Morgan fingerprint density at radius 3 is 2.80 bits per heavy atom. The van der Waals surface area contributed by atoms with E-state index in [1.165, 1.54) is 0 Å². The second-order valence-corrected chi connectivity index (χ2v) is 5.15. The van der Waals surface area contributed by atoms with Crippen molar-refractivity contribution in [2.24, 2.45) is 5.92 Å². The van der Waals surface area contributed by atoms with Gasteiger partial charge in [0.1, 0.15) is 0 Å². The Kier molecular flexibility index (Phi) is 3.51. The SMILES string of the molecule is O=C1CC(CCl)CN1c1ccccc1I. The average molecular weight is 336 g/mol. The summed E-state index contributed by atoms with van der Waals surface area (Å²) in [5.74, 6) is 1.05. The van der Waals surface area contributed by atoms with E-state index < -0.39 is 0 Å². The number of para-hydroxylation sites is 1. The first kappa shape index (κ1) is 11.2. The maximum atomic E-state index is 11.8. The van der Waals surface area contributed by atoms with Gasteiger partial charge in [0, 0.05) is 22.4 Å². The number of alkyl halides is 1. The number of halogens is 2. The largest absolute Gasteiger partial charge is 0.311 e. The van der Waals surface area contributed by atoms with Crippen molar-refractivity contribution in [2.45, 2.75) is 6.42 Å². The van der Waals surface area contributed by atoms with E-state index in [9.17, 15) is 4.79 Å². The predicted octanol–water partition coefficient (Wildman–Crippen LogP) is 2.88. The quantitative estimate of drug-likeness (QED) is 0.601. The van der Waals surface area contributed by atoms with Crippen molar-refractivity contribution in [1.29, 1.82) is 0 Å². The van der Waals surface area contributed by atoms with Crippen LogP contribution in [0.2, 0.25) is 0 Å². The number of rotatable bonds is 2. The second-order valence-electron chi connectivity index (χ2n) is 3.68. The Bertz CT molecular complexity index is 383. The van der Waals surface area contributed by atoms with Gasteiger partial charge in [-0.2, -0.15) is 0 Å². The Morgan fingerprint density at radius 1 is 1.47 bits per heavy atom. The molecule has 1 amide bonds. The molecule has 1 aliphatic rings. The van der Waals surface area contributed by atoms with E-state index in [0.717, 1.165) is 15.8 Å². The van der Waals surface area contributed by atoms with Crippen molar-refractivity contribution in [3.05, 3.63) is 27.8 Å². The molecule has 15 heavy (non-hydrogen) atoms. The van der Waals surface area contributed by atoms with E-state index in [2.05, 4.69) is 22.6 Å². The zero-order valence-corrected chi connectivity index (χ0v) is 11.0. The van der Waals surface area contributed by atoms with Crippen molar-refractivity contribution >= 4 is 45.8 Å². The Balaban J connectivity index is 2.25. The first-order valence-corrected chi connectivity index (χ1v) is 6.44. The average Bonchev–Trinajstić information content (AvgIpc) is 2.60. The minimum Gasteiger partial charge on any atom is -0.311 e. The van der Waals surface area contributed by atoms with Crippen molar-refractivity contribution in [3.8, 4) is 0 Å². The van der Waals surface area contributed by atoms with E-state index in [-0.39, 0.29) is 5.91 Å². The molecule has 0 aromatic heterocycles. The minimum absolute atomic E-state index is 0.185. The van der Waals surface area contributed by atoms with Gasteiger partial charge in [-0.25, -0.2) is 0 Å². The smallest absolute Gasteiger partial charge is 0.227 e. The van der Waals surface area contributed by atoms with Crippen LogP contribution in [0.3, 0.4) is 0 Å². The van der Waals surface area contributed by atoms with Gasteiger partial charge >= 0.3 is 0 Å². The zero-order valence-electron chi connectivity index (χ0n) is 8.12. The van der Waals surface area contributed by atoms with Crippen LogP contribution in [0.4, 0.5) is 5.69 Å². The minimum atomic E-state index is 0.185. The molecule has 1 aromatic rings. The molecule has 1 heterocycles. The first-order chi connectivity index (χ1) is 7.22. The standard InChI is InChI=1S/C11H11ClINO/c12-6-8-5-11(15)14(7-8)10-4-2-1-3-9(10)13/h1-4,8H,5-7H2. The van der Waals surface area contributed by atoms with Gasteiger partial charge in [0.05, 0.1) is 5.69 Å². The number of anilines is 1. The third-order valence-electron chi connectivity index (χ3n) is 2.57. The summed E-state index contributed by atoms with van der Waals surface area (Å²) in [6, 6.07) is 7.93. The monoisotopic (exact) mass is 335 g/mol. The molecule has 1 aliphatic heterocycles. The van der Waals surface area contributed by atoms with E-state index in [0.29, 0.717) is 18.2 Å². The van der Waals surface area contributed by atoms with Gasteiger partial charge in [0.25, 0.3) is 0 Å². The van der Waals surface area contributed by atoms with E-state index >= 15 is 0 Å². The van der Waals surface area contributed by atoms with Gasteiger partial charge in [0.2, 0.25) is 5.91 Å². The molecule has 1 atom stereocenters. The molecule has 0 aliphatic carbocycles. The molecular weight excluding hydrogens is 324 g/mol. The van der Waals surface area contributed by atoms with Crippen LogP contribution in [-0.4, -0.2) is 18.3 Å².